The van der Waals surface area contributed by atoms with Gasteiger partial charge in [-0.05, 0) is 36.8 Å². The summed E-state index contributed by atoms with van der Waals surface area (Å²) in [4.78, 5) is 30.9. The number of aromatic nitrogens is 1. The van der Waals surface area contributed by atoms with E-state index in [4.69, 9.17) is 27.6 Å². The van der Waals surface area contributed by atoms with Gasteiger partial charge in [0.1, 0.15) is 0 Å². The van der Waals surface area contributed by atoms with Crippen molar-refractivity contribution >= 4 is 51.5 Å². The number of nitrogens with one attached hydrogen (secondary N) is 1. The van der Waals surface area contributed by atoms with E-state index in [2.05, 4.69) is 10.3 Å². The summed E-state index contributed by atoms with van der Waals surface area (Å²) in [5.41, 5.74) is 1.44. The van der Waals surface area contributed by atoms with Crippen LogP contribution in [0.2, 0.25) is 10.0 Å². The zero-order valence-corrected chi connectivity index (χ0v) is 18.0. The lowest BCUT2D eigenvalue weighted by Gasteiger charge is -2.19. The molecule has 2 aromatic heterocycles. The first kappa shape index (κ1) is 21.4. The fourth-order valence-electron chi connectivity index (χ4n) is 2.67. The Hall–Kier alpha value is -2.35. The number of amides is 2. The van der Waals surface area contributed by atoms with E-state index in [9.17, 15) is 9.59 Å². The van der Waals surface area contributed by atoms with Crippen LogP contribution in [-0.2, 0) is 4.79 Å². The Morgan fingerprint density at radius 3 is 2.79 bits per heavy atom. The standard InChI is InChI=1S/C20H19Cl2N3O3S/c1-2-9-25(18(26)7-8-23-19(27)17-4-3-10-28-17)20-24-16(12-29-20)14-6-5-13(21)11-15(14)22/h3-6,10-12H,2,7-9H2,1H3,(H,23,27). The number of nitrogens with zero attached hydrogens (tertiary/aromatic N) is 2. The molecule has 0 bridgehead atoms. The van der Waals surface area contributed by atoms with Crippen LogP contribution in [0.3, 0.4) is 0 Å². The zero-order chi connectivity index (χ0) is 20.8. The van der Waals surface area contributed by atoms with Crippen LogP contribution in [0.5, 0.6) is 0 Å². The molecule has 0 fully saturated rings. The molecule has 9 heteroatoms. The summed E-state index contributed by atoms with van der Waals surface area (Å²) in [5.74, 6) is -0.249. The van der Waals surface area contributed by atoms with Gasteiger partial charge < -0.3 is 9.73 Å². The van der Waals surface area contributed by atoms with Gasteiger partial charge in [-0.25, -0.2) is 4.98 Å². The minimum atomic E-state index is -0.348. The molecule has 0 aliphatic rings. The lowest BCUT2D eigenvalue weighted by atomic mass is 10.2. The molecule has 0 radical (unpaired) electrons. The fraction of sp³-hybridized carbons (Fsp3) is 0.250. The van der Waals surface area contributed by atoms with Crippen molar-refractivity contribution in [3.8, 4) is 11.3 Å². The molecule has 29 heavy (non-hydrogen) atoms. The number of halogens is 2. The van der Waals surface area contributed by atoms with E-state index in [-0.39, 0.29) is 30.5 Å². The average Bonchev–Trinajstić information content (AvgIpc) is 3.38. The van der Waals surface area contributed by atoms with E-state index in [0.717, 1.165) is 12.0 Å². The predicted molar refractivity (Wildman–Crippen MR) is 116 cm³/mol. The second kappa shape index (κ2) is 9.91. The molecule has 0 saturated carbocycles. The monoisotopic (exact) mass is 451 g/mol. The number of furan rings is 1. The quantitative estimate of drug-likeness (QED) is 0.505. The summed E-state index contributed by atoms with van der Waals surface area (Å²) in [6.07, 6.45) is 2.36. The van der Waals surface area contributed by atoms with Crippen molar-refractivity contribution in [2.45, 2.75) is 19.8 Å². The molecule has 3 rings (SSSR count). The van der Waals surface area contributed by atoms with Crippen molar-refractivity contribution in [2.24, 2.45) is 0 Å². The minimum Gasteiger partial charge on any atom is -0.459 e. The van der Waals surface area contributed by atoms with Crippen molar-refractivity contribution in [1.82, 2.24) is 10.3 Å². The molecule has 152 valence electrons. The third kappa shape index (κ3) is 5.38. The summed E-state index contributed by atoms with van der Waals surface area (Å²) in [6, 6.07) is 8.42. The summed E-state index contributed by atoms with van der Waals surface area (Å²) in [7, 11) is 0. The molecule has 0 atom stereocenters. The second-order valence-electron chi connectivity index (χ2n) is 6.17. The molecular formula is C20H19Cl2N3O3S. The van der Waals surface area contributed by atoms with Gasteiger partial charge in [-0.1, -0.05) is 30.1 Å². The number of anilines is 1. The molecule has 6 nitrogen and oxygen atoms in total. The maximum absolute atomic E-state index is 12.7. The highest BCUT2D eigenvalue weighted by atomic mass is 35.5. The lowest BCUT2D eigenvalue weighted by molar-refractivity contribution is -0.118. The van der Waals surface area contributed by atoms with Crippen LogP contribution in [0.15, 0.2) is 46.4 Å². The number of carbonyl (C=O) groups is 2. The van der Waals surface area contributed by atoms with E-state index >= 15 is 0 Å². The summed E-state index contributed by atoms with van der Waals surface area (Å²) in [6.45, 7) is 2.73. The van der Waals surface area contributed by atoms with Gasteiger partial charge in [0.25, 0.3) is 5.91 Å². The van der Waals surface area contributed by atoms with Crippen LogP contribution in [0, 0.1) is 0 Å². The number of hydrogen-bond donors (Lipinski definition) is 1. The van der Waals surface area contributed by atoms with Gasteiger partial charge in [0.2, 0.25) is 5.91 Å². The highest BCUT2D eigenvalue weighted by Gasteiger charge is 2.20. The van der Waals surface area contributed by atoms with Crippen molar-refractivity contribution < 1.29 is 14.0 Å². The number of rotatable bonds is 8. The molecule has 0 spiro atoms. The van der Waals surface area contributed by atoms with Gasteiger partial charge in [0.15, 0.2) is 10.9 Å². The third-order valence-electron chi connectivity index (χ3n) is 4.05. The number of thiazole rings is 1. The number of benzene rings is 1. The fourth-order valence-corrected chi connectivity index (χ4v) is 4.05. The van der Waals surface area contributed by atoms with Crippen molar-refractivity contribution in [3.05, 3.63) is 57.8 Å². The van der Waals surface area contributed by atoms with Gasteiger partial charge in [-0.3, -0.25) is 14.5 Å². The van der Waals surface area contributed by atoms with Crippen molar-refractivity contribution in [1.29, 1.82) is 0 Å². The van der Waals surface area contributed by atoms with Crippen LogP contribution in [0.25, 0.3) is 11.3 Å². The predicted octanol–water partition coefficient (Wildman–Crippen LogP) is 5.27. The van der Waals surface area contributed by atoms with Crippen LogP contribution >= 0.6 is 34.5 Å². The molecule has 0 aliphatic heterocycles. The highest BCUT2D eigenvalue weighted by Crippen LogP contribution is 2.33. The number of carbonyl (C=O) groups excluding carboxylic acids is 2. The average molecular weight is 452 g/mol. The molecular weight excluding hydrogens is 433 g/mol. The van der Waals surface area contributed by atoms with E-state index in [1.54, 1.807) is 35.2 Å². The second-order valence-corrected chi connectivity index (χ2v) is 7.85. The van der Waals surface area contributed by atoms with Gasteiger partial charge in [-0.15, -0.1) is 11.3 Å². The molecule has 1 aromatic carbocycles. The topological polar surface area (TPSA) is 75.4 Å². The Morgan fingerprint density at radius 2 is 2.10 bits per heavy atom. The lowest BCUT2D eigenvalue weighted by Crippen LogP contribution is -2.35. The molecule has 0 unspecified atom stereocenters. The molecule has 0 saturated heterocycles. The van der Waals surface area contributed by atoms with Crippen LogP contribution in [0.1, 0.15) is 30.3 Å². The van der Waals surface area contributed by atoms with Crippen molar-refractivity contribution in [2.75, 3.05) is 18.0 Å². The Labute approximate surface area is 182 Å². The molecule has 0 aliphatic carbocycles. The maximum Gasteiger partial charge on any atom is 0.286 e. The number of hydrogen-bond acceptors (Lipinski definition) is 5. The van der Waals surface area contributed by atoms with Gasteiger partial charge >= 0.3 is 0 Å². The first-order valence-electron chi connectivity index (χ1n) is 9.02. The first-order chi connectivity index (χ1) is 14.0. The third-order valence-corrected chi connectivity index (χ3v) is 5.46. The summed E-state index contributed by atoms with van der Waals surface area (Å²) < 4.78 is 5.04. The highest BCUT2D eigenvalue weighted by molar-refractivity contribution is 7.14. The van der Waals surface area contributed by atoms with Crippen molar-refractivity contribution in [3.63, 3.8) is 0 Å². The minimum absolute atomic E-state index is 0.116. The normalized spacial score (nSPS) is 10.7. The van der Waals surface area contributed by atoms with E-state index in [1.807, 2.05) is 12.3 Å². The van der Waals surface area contributed by atoms with Crippen LogP contribution in [-0.4, -0.2) is 29.9 Å². The smallest absolute Gasteiger partial charge is 0.286 e. The van der Waals surface area contributed by atoms with Gasteiger partial charge in [0, 0.05) is 35.5 Å². The Morgan fingerprint density at radius 1 is 1.28 bits per heavy atom. The summed E-state index contributed by atoms with van der Waals surface area (Å²) >= 11 is 13.6. The largest absolute Gasteiger partial charge is 0.459 e. The maximum atomic E-state index is 12.7. The van der Waals surface area contributed by atoms with Crippen LogP contribution < -0.4 is 10.2 Å². The Bertz CT molecular complexity index is 989. The molecule has 1 N–H and O–H groups in total. The first-order valence-corrected chi connectivity index (χ1v) is 10.7. The zero-order valence-electron chi connectivity index (χ0n) is 15.7. The van der Waals surface area contributed by atoms with E-state index in [1.165, 1.54) is 17.6 Å². The van der Waals surface area contributed by atoms with Gasteiger partial charge in [-0.2, -0.15) is 0 Å². The van der Waals surface area contributed by atoms with Crippen LogP contribution in [0.4, 0.5) is 5.13 Å². The SMILES string of the molecule is CCCN(C(=O)CCNC(=O)c1ccco1)c1nc(-c2ccc(Cl)cc2Cl)cs1. The Kier molecular flexibility index (Phi) is 7.30. The molecule has 2 heterocycles. The van der Waals surface area contributed by atoms with Gasteiger partial charge in [0.05, 0.1) is 17.0 Å². The summed E-state index contributed by atoms with van der Waals surface area (Å²) in [5, 5.41) is 6.19. The Balaban J connectivity index is 1.66. The van der Waals surface area contributed by atoms with E-state index in [0.29, 0.717) is 27.4 Å². The molecule has 2 amide bonds. The molecule has 3 aromatic rings. The van der Waals surface area contributed by atoms with E-state index < -0.39 is 0 Å².